The van der Waals surface area contributed by atoms with E-state index >= 15 is 0 Å². The van der Waals surface area contributed by atoms with Gasteiger partial charge in [-0.15, -0.1) is 0 Å². The van der Waals surface area contributed by atoms with Crippen LogP contribution in [-0.2, 0) is 9.53 Å². The Labute approximate surface area is 208 Å². The monoisotopic (exact) mass is 504 g/mol. The number of H-pyrrole nitrogens is 1. The Hall–Kier alpha value is -2.78. The molecule has 1 aliphatic carbocycles. The van der Waals surface area contributed by atoms with E-state index in [-0.39, 0.29) is 52.4 Å². The SMILES string of the molecule is COCC(C)CC(=O)c1nc[nH]c1C(=O)NC1CCC2(CC1)CCN(c1ccc(F)cc1Cl)C2=O. The summed E-state index contributed by atoms with van der Waals surface area (Å²) < 4.78 is 18.5. The van der Waals surface area contributed by atoms with Crippen molar-refractivity contribution in [3.63, 3.8) is 0 Å². The second-order valence-electron chi connectivity index (χ2n) is 9.64. The smallest absolute Gasteiger partial charge is 0.270 e. The Bertz CT molecular complexity index is 1110. The average Bonchev–Trinajstić information content (AvgIpc) is 3.42. The number of Topliss-reactive ketones (excluding diaryl/α,β-unsaturated/α-hetero) is 1. The number of nitrogens with zero attached hydrogens (tertiary/aromatic N) is 2. The minimum atomic E-state index is -0.495. The van der Waals surface area contributed by atoms with Crippen LogP contribution in [0.3, 0.4) is 0 Å². The molecule has 1 saturated carbocycles. The lowest BCUT2D eigenvalue weighted by Gasteiger charge is -2.36. The number of carbonyl (C=O) groups is 3. The van der Waals surface area contributed by atoms with Crippen molar-refractivity contribution in [1.82, 2.24) is 15.3 Å². The maximum absolute atomic E-state index is 13.4. The van der Waals surface area contributed by atoms with Gasteiger partial charge >= 0.3 is 0 Å². The van der Waals surface area contributed by atoms with Crippen LogP contribution in [0.15, 0.2) is 24.5 Å². The van der Waals surface area contributed by atoms with Crippen LogP contribution in [0.25, 0.3) is 0 Å². The third-order valence-electron chi connectivity index (χ3n) is 7.11. The van der Waals surface area contributed by atoms with Crippen LogP contribution in [0.1, 0.15) is 66.4 Å². The molecule has 188 valence electrons. The fourth-order valence-electron chi connectivity index (χ4n) is 5.22. The van der Waals surface area contributed by atoms with Crippen molar-refractivity contribution in [3.05, 3.63) is 46.8 Å². The van der Waals surface area contributed by atoms with Crippen molar-refractivity contribution in [2.24, 2.45) is 11.3 Å². The standard InChI is InChI=1S/C25H30ClFN4O4/c1-15(13-35-2)11-20(32)21-22(29-14-28-21)23(33)30-17-5-7-25(8-6-17)9-10-31(24(25)34)19-4-3-16(27)12-18(19)26/h3-4,12,14-15,17H,5-11,13H2,1-2H3,(H,28,29)(H,30,33). The highest BCUT2D eigenvalue weighted by Crippen LogP contribution is 2.47. The van der Waals surface area contributed by atoms with Crippen LogP contribution in [0.2, 0.25) is 5.02 Å². The molecule has 4 rings (SSSR count). The van der Waals surface area contributed by atoms with Gasteiger partial charge in [-0.25, -0.2) is 9.37 Å². The van der Waals surface area contributed by atoms with Crippen molar-refractivity contribution in [2.75, 3.05) is 25.2 Å². The highest BCUT2D eigenvalue weighted by Gasteiger charge is 2.49. The normalized spacial score (nSPS) is 23.0. The van der Waals surface area contributed by atoms with E-state index < -0.39 is 11.2 Å². The van der Waals surface area contributed by atoms with Crippen molar-refractivity contribution in [3.8, 4) is 0 Å². The van der Waals surface area contributed by atoms with E-state index in [9.17, 15) is 18.8 Å². The lowest BCUT2D eigenvalue weighted by atomic mass is 9.71. The molecular formula is C25H30ClFN4O4. The Kier molecular flexibility index (Phi) is 7.56. The fourth-order valence-corrected chi connectivity index (χ4v) is 5.49. The number of aromatic nitrogens is 2. The zero-order valence-electron chi connectivity index (χ0n) is 19.9. The van der Waals surface area contributed by atoms with Crippen LogP contribution >= 0.6 is 11.6 Å². The van der Waals surface area contributed by atoms with Crippen molar-refractivity contribution in [2.45, 2.75) is 51.5 Å². The molecule has 0 bridgehead atoms. The topological polar surface area (TPSA) is 104 Å². The number of nitrogens with one attached hydrogen (secondary N) is 2. The summed E-state index contributed by atoms with van der Waals surface area (Å²) in [5, 5.41) is 3.22. The van der Waals surface area contributed by atoms with Crippen molar-refractivity contribution < 1.29 is 23.5 Å². The Balaban J connectivity index is 1.35. The van der Waals surface area contributed by atoms with E-state index in [4.69, 9.17) is 16.3 Å². The van der Waals surface area contributed by atoms with Gasteiger partial charge in [0.1, 0.15) is 17.2 Å². The van der Waals surface area contributed by atoms with Crippen LogP contribution in [-0.4, -0.2) is 53.9 Å². The number of anilines is 1. The predicted octanol–water partition coefficient (Wildman–Crippen LogP) is 4.15. The van der Waals surface area contributed by atoms with Gasteiger partial charge in [0.2, 0.25) is 5.91 Å². The number of hydrogen-bond acceptors (Lipinski definition) is 5. The molecule has 35 heavy (non-hydrogen) atoms. The summed E-state index contributed by atoms with van der Waals surface area (Å²) in [6.45, 7) is 2.88. The molecule has 0 radical (unpaired) electrons. The van der Waals surface area contributed by atoms with Crippen LogP contribution in [0.4, 0.5) is 10.1 Å². The highest BCUT2D eigenvalue weighted by molar-refractivity contribution is 6.34. The third-order valence-corrected chi connectivity index (χ3v) is 7.41. The third kappa shape index (κ3) is 5.26. The molecule has 1 saturated heterocycles. The van der Waals surface area contributed by atoms with Gasteiger partial charge in [0, 0.05) is 32.7 Å². The molecule has 1 unspecified atom stereocenters. The molecule has 2 fully saturated rings. The number of amides is 2. The first-order valence-electron chi connectivity index (χ1n) is 11.9. The zero-order valence-corrected chi connectivity index (χ0v) is 20.7. The van der Waals surface area contributed by atoms with Gasteiger partial charge in [-0.3, -0.25) is 14.4 Å². The molecule has 1 aromatic carbocycles. The first-order valence-corrected chi connectivity index (χ1v) is 12.3. The molecular weight excluding hydrogens is 475 g/mol. The number of aromatic amines is 1. The summed E-state index contributed by atoms with van der Waals surface area (Å²) in [7, 11) is 1.58. The second kappa shape index (κ2) is 10.5. The van der Waals surface area contributed by atoms with Gasteiger partial charge in [0.25, 0.3) is 5.91 Å². The molecule has 1 atom stereocenters. The van der Waals surface area contributed by atoms with E-state index in [0.29, 0.717) is 50.9 Å². The summed E-state index contributed by atoms with van der Waals surface area (Å²) in [4.78, 5) is 47.4. The number of hydrogen-bond donors (Lipinski definition) is 2. The minimum Gasteiger partial charge on any atom is -0.384 e. The minimum absolute atomic E-state index is 0.00224. The number of benzene rings is 1. The largest absolute Gasteiger partial charge is 0.384 e. The van der Waals surface area contributed by atoms with E-state index in [2.05, 4.69) is 15.3 Å². The van der Waals surface area contributed by atoms with Crippen molar-refractivity contribution >= 4 is 34.9 Å². The van der Waals surface area contributed by atoms with E-state index in [1.165, 1.54) is 18.5 Å². The van der Waals surface area contributed by atoms with E-state index in [1.807, 2.05) is 6.92 Å². The number of methoxy groups -OCH3 is 1. The summed E-state index contributed by atoms with van der Waals surface area (Å²) in [5.41, 5.74) is 0.331. The van der Waals surface area contributed by atoms with Gasteiger partial charge in [0.05, 0.1) is 22.5 Å². The quantitative estimate of drug-likeness (QED) is 0.525. The molecule has 1 spiro atoms. The van der Waals surface area contributed by atoms with E-state index in [0.717, 1.165) is 0 Å². The lowest BCUT2D eigenvalue weighted by molar-refractivity contribution is -0.127. The first kappa shape index (κ1) is 25.3. The van der Waals surface area contributed by atoms with Gasteiger partial charge in [-0.05, 0) is 56.2 Å². The molecule has 2 heterocycles. The van der Waals surface area contributed by atoms with Gasteiger partial charge in [0.15, 0.2) is 5.78 Å². The van der Waals surface area contributed by atoms with Crippen LogP contribution < -0.4 is 10.2 Å². The predicted molar refractivity (Wildman–Crippen MR) is 129 cm³/mol. The second-order valence-corrected chi connectivity index (χ2v) is 10.1. The Morgan fingerprint density at radius 3 is 2.77 bits per heavy atom. The molecule has 2 amide bonds. The molecule has 2 aliphatic rings. The summed E-state index contributed by atoms with van der Waals surface area (Å²) in [6, 6.07) is 3.95. The maximum Gasteiger partial charge on any atom is 0.270 e. The molecule has 1 aromatic heterocycles. The molecule has 2 N–H and O–H groups in total. The number of carbonyl (C=O) groups excluding carboxylic acids is 3. The Morgan fingerprint density at radius 1 is 1.34 bits per heavy atom. The van der Waals surface area contributed by atoms with Crippen LogP contribution in [0, 0.1) is 17.2 Å². The first-order chi connectivity index (χ1) is 16.7. The Morgan fingerprint density at radius 2 is 2.09 bits per heavy atom. The zero-order chi connectivity index (χ0) is 25.2. The van der Waals surface area contributed by atoms with E-state index in [1.54, 1.807) is 18.1 Å². The summed E-state index contributed by atoms with van der Waals surface area (Å²) in [6.07, 6.45) is 4.84. The number of rotatable bonds is 8. The maximum atomic E-state index is 13.4. The molecule has 1 aliphatic heterocycles. The highest BCUT2D eigenvalue weighted by atomic mass is 35.5. The number of halogens is 2. The molecule has 8 nitrogen and oxygen atoms in total. The summed E-state index contributed by atoms with van der Waals surface area (Å²) in [5.74, 6) is -1.00. The van der Waals surface area contributed by atoms with Gasteiger partial charge in [-0.1, -0.05) is 18.5 Å². The molecule has 2 aromatic rings. The summed E-state index contributed by atoms with van der Waals surface area (Å²) >= 11 is 6.19. The van der Waals surface area contributed by atoms with Crippen molar-refractivity contribution in [1.29, 1.82) is 0 Å². The lowest BCUT2D eigenvalue weighted by Crippen LogP contribution is -2.44. The van der Waals surface area contributed by atoms with Gasteiger partial charge in [-0.2, -0.15) is 0 Å². The molecule has 10 heteroatoms. The average molecular weight is 505 g/mol. The van der Waals surface area contributed by atoms with Crippen LogP contribution in [0.5, 0.6) is 0 Å². The number of imidazole rings is 1. The van der Waals surface area contributed by atoms with Gasteiger partial charge < -0.3 is 19.9 Å². The number of ether oxygens (including phenoxy) is 1. The number of ketones is 1. The fraction of sp³-hybridized carbons (Fsp3) is 0.520.